The first-order chi connectivity index (χ1) is 23.0. The molecule has 0 spiro atoms. The fourth-order valence-electron chi connectivity index (χ4n) is 6.45. The molecular formula is C39H39F7N2O. The number of hydrogen-bond donors (Lipinski definition) is 0. The largest absolute Gasteiger partial charge is 0.497 e. The molecule has 0 aliphatic carbocycles. The van der Waals surface area contributed by atoms with Gasteiger partial charge in [0.2, 0.25) is 0 Å². The van der Waals surface area contributed by atoms with Crippen molar-refractivity contribution in [1.82, 2.24) is 0 Å². The number of nitrogens with zero attached hydrogens (tertiary/aromatic N) is 2. The first-order valence-corrected chi connectivity index (χ1v) is 16.3. The number of halogens is 7. The van der Waals surface area contributed by atoms with Crippen molar-refractivity contribution in [3.05, 3.63) is 123 Å². The van der Waals surface area contributed by atoms with Gasteiger partial charge >= 0.3 is 6.18 Å². The van der Waals surface area contributed by atoms with E-state index in [1.165, 1.54) is 19.1 Å². The molecule has 3 aliphatic heterocycles. The van der Waals surface area contributed by atoms with Crippen LogP contribution in [-0.4, -0.2) is 24.6 Å². The highest BCUT2D eigenvalue weighted by atomic mass is 19.4. The lowest BCUT2D eigenvalue weighted by Gasteiger charge is -2.34. The Morgan fingerprint density at radius 3 is 2.35 bits per heavy atom. The fourth-order valence-corrected chi connectivity index (χ4v) is 6.45. The van der Waals surface area contributed by atoms with E-state index in [1.807, 2.05) is 26.8 Å². The van der Waals surface area contributed by atoms with Crippen LogP contribution < -0.4 is 0 Å². The van der Waals surface area contributed by atoms with Crippen LogP contribution in [0.25, 0.3) is 5.57 Å². The van der Waals surface area contributed by atoms with E-state index in [-0.39, 0.29) is 29.3 Å². The molecule has 2 aromatic carbocycles. The molecule has 0 bridgehead atoms. The lowest BCUT2D eigenvalue weighted by Crippen LogP contribution is -2.32. The lowest BCUT2D eigenvalue weighted by molar-refractivity contribution is -0.137. The Bertz CT molecular complexity index is 1840. The number of rotatable bonds is 6. The van der Waals surface area contributed by atoms with E-state index in [0.717, 1.165) is 35.4 Å². The van der Waals surface area contributed by atoms with Gasteiger partial charge in [-0.2, -0.15) is 22.0 Å². The lowest BCUT2D eigenvalue weighted by atomic mass is 9.78. The molecule has 260 valence electrons. The molecule has 0 radical (unpaired) electrons. The molecule has 5 rings (SSSR count). The van der Waals surface area contributed by atoms with Crippen LogP contribution in [0, 0.1) is 17.0 Å². The molecule has 0 N–H and O–H groups in total. The summed E-state index contributed by atoms with van der Waals surface area (Å²) in [5, 5.41) is 0. The van der Waals surface area contributed by atoms with Gasteiger partial charge in [0, 0.05) is 34.8 Å². The molecule has 1 unspecified atom stereocenters. The van der Waals surface area contributed by atoms with E-state index in [2.05, 4.69) is 0 Å². The standard InChI is InChI=1S/C39H39F7N2O/c1-6-18-38(42,43)25-14-15-26(30(20-25)39(44,45)46)28-21-35(49-19-17-24(28)3)37(4,5)34-12-8-11-32-29(22-47-34)23(2)13-16-33(48-32)27-9-7-10-31(40)36(27)41/h6-7,9-11,14-15,18,20-22,34H,8,12-13,16-17,19H2,1-5H3. The Labute approximate surface area is 282 Å². The van der Waals surface area contributed by atoms with Crippen LogP contribution in [0.5, 0.6) is 0 Å². The Kier molecular flexibility index (Phi) is 10.3. The molecule has 49 heavy (non-hydrogen) atoms. The normalized spacial score (nSPS) is 19.8. The monoisotopic (exact) mass is 684 g/mol. The molecular weight excluding hydrogens is 645 g/mol. The average Bonchev–Trinajstić information content (AvgIpc) is 3.31. The highest BCUT2D eigenvalue weighted by Crippen LogP contribution is 2.44. The van der Waals surface area contributed by atoms with Gasteiger partial charge in [-0.05, 0) is 87.9 Å². The van der Waals surface area contributed by atoms with Crippen LogP contribution in [0.15, 0.2) is 98.9 Å². The van der Waals surface area contributed by atoms with Crippen molar-refractivity contribution in [2.75, 3.05) is 6.61 Å². The van der Waals surface area contributed by atoms with Crippen LogP contribution in [0.3, 0.4) is 0 Å². The zero-order chi connectivity index (χ0) is 35.7. The first kappa shape index (κ1) is 36.1. The predicted molar refractivity (Wildman–Crippen MR) is 180 cm³/mol. The molecule has 0 aromatic heterocycles. The van der Waals surface area contributed by atoms with Crippen LogP contribution in [0.4, 0.5) is 30.7 Å². The molecule has 0 amide bonds. The third-order valence-electron chi connectivity index (χ3n) is 9.47. The van der Waals surface area contributed by atoms with Gasteiger partial charge in [-0.25, -0.2) is 8.78 Å². The zero-order valence-electron chi connectivity index (χ0n) is 28.1. The van der Waals surface area contributed by atoms with E-state index < -0.39 is 40.3 Å². The minimum absolute atomic E-state index is 0.124. The average molecular weight is 685 g/mol. The number of benzene rings is 2. The number of hydrogen-bond acceptors (Lipinski definition) is 3. The van der Waals surface area contributed by atoms with Gasteiger partial charge in [0.15, 0.2) is 11.6 Å². The van der Waals surface area contributed by atoms with E-state index in [1.54, 1.807) is 19.2 Å². The maximum atomic E-state index is 14.7. The minimum atomic E-state index is -4.89. The Balaban J connectivity index is 1.50. The SMILES string of the molecule is CC=CC(F)(F)c1ccc(C2=C(C)CCOC(C(C)(C)C3CCC=C4N=C(c5cccc(F)c5F)CCC(C)=C4C=N3)=C2)c(C(F)(F)F)c1. The fraction of sp³-hybridized carbons (Fsp3) is 0.385. The number of aliphatic imine (C=N–C) groups is 2. The van der Waals surface area contributed by atoms with Gasteiger partial charge in [0.1, 0.15) is 5.76 Å². The van der Waals surface area contributed by atoms with Crippen molar-refractivity contribution in [3.8, 4) is 0 Å². The van der Waals surface area contributed by atoms with Crippen LogP contribution in [-0.2, 0) is 16.8 Å². The summed E-state index contributed by atoms with van der Waals surface area (Å²) >= 11 is 0. The minimum Gasteiger partial charge on any atom is -0.497 e. The maximum Gasteiger partial charge on any atom is 0.417 e. The van der Waals surface area contributed by atoms with Crippen LogP contribution >= 0.6 is 0 Å². The van der Waals surface area contributed by atoms with Gasteiger partial charge < -0.3 is 4.74 Å². The van der Waals surface area contributed by atoms with Crippen molar-refractivity contribution in [1.29, 1.82) is 0 Å². The van der Waals surface area contributed by atoms with Gasteiger partial charge in [-0.15, -0.1) is 0 Å². The Morgan fingerprint density at radius 1 is 0.898 bits per heavy atom. The summed E-state index contributed by atoms with van der Waals surface area (Å²) in [4.78, 5) is 9.72. The van der Waals surface area contributed by atoms with Crippen molar-refractivity contribution < 1.29 is 35.5 Å². The summed E-state index contributed by atoms with van der Waals surface area (Å²) in [5.74, 6) is -5.00. The van der Waals surface area contributed by atoms with Crippen molar-refractivity contribution in [2.24, 2.45) is 15.4 Å². The quantitative estimate of drug-likeness (QED) is 0.220. The highest BCUT2D eigenvalue weighted by molar-refractivity contribution is 6.03. The molecule has 1 atom stereocenters. The predicted octanol–water partition coefficient (Wildman–Crippen LogP) is 11.5. The third kappa shape index (κ3) is 7.53. The number of allylic oxidation sites excluding steroid dienone is 7. The zero-order valence-corrected chi connectivity index (χ0v) is 28.1. The summed E-state index contributed by atoms with van der Waals surface area (Å²) < 4.78 is 108. The summed E-state index contributed by atoms with van der Waals surface area (Å²) in [5.41, 5.74) is 1.02. The van der Waals surface area contributed by atoms with Crippen LogP contribution in [0.1, 0.15) is 89.0 Å². The Hall–Kier alpha value is -4.21. The summed E-state index contributed by atoms with van der Waals surface area (Å²) in [6.07, 6.45) is 4.49. The second-order valence-corrected chi connectivity index (χ2v) is 13.2. The second-order valence-electron chi connectivity index (χ2n) is 13.2. The summed E-state index contributed by atoms with van der Waals surface area (Å²) in [7, 11) is 0. The topological polar surface area (TPSA) is 34.0 Å². The smallest absolute Gasteiger partial charge is 0.417 e. The van der Waals surface area contributed by atoms with Crippen LogP contribution in [0.2, 0.25) is 0 Å². The summed E-state index contributed by atoms with van der Waals surface area (Å²) in [6, 6.07) is 6.38. The molecule has 0 saturated heterocycles. The molecule has 0 saturated carbocycles. The number of fused-ring (bicyclic) bond motifs is 1. The van der Waals surface area contributed by atoms with Crippen molar-refractivity contribution >= 4 is 17.5 Å². The second kappa shape index (κ2) is 14.0. The van der Waals surface area contributed by atoms with Gasteiger partial charge in [-0.3, -0.25) is 9.98 Å². The highest BCUT2D eigenvalue weighted by Gasteiger charge is 2.40. The molecule has 0 fully saturated rings. The molecule has 3 aliphatic rings. The van der Waals surface area contributed by atoms with Gasteiger partial charge in [0.25, 0.3) is 5.92 Å². The number of alkyl halides is 5. The molecule has 10 heteroatoms. The maximum absolute atomic E-state index is 14.7. The molecule has 2 aromatic rings. The van der Waals surface area contributed by atoms with Crippen molar-refractivity contribution in [3.63, 3.8) is 0 Å². The van der Waals surface area contributed by atoms with Gasteiger partial charge in [0.05, 0.1) is 29.6 Å². The third-order valence-corrected chi connectivity index (χ3v) is 9.47. The van der Waals surface area contributed by atoms with E-state index in [0.29, 0.717) is 67.0 Å². The van der Waals surface area contributed by atoms with E-state index >= 15 is 0 Å². The van der Waals surface area contributed by atoms with Crippen molar-refractivity contribution in [2.45, 2.75) is 84.9 Å². The molecule has 3 heterocycles. The Morgan fingerprint density at radius 2 is 1.63 bits per heavy atom. The summed E-state index contributed by atoms with van der Waals surface area (Å²) in [6.45, 7) is 9.13. The first-order valence-electron chi connectivity index (χ1n) is 16.3. The van der Waals surface area contributed by atoms with E-state index in [9.17, 15) is 30.7 Å². The number of ether oxygens (including phenoxy) is 1. The van der Waals surface area contributed by atoms with E-state index in [4.69, 9.17) is 14.7 Å². The van der Waals surface area contributed by atoms with Gasteiger partial charge in [-0.1, -0.05) is 55.3 Å². The molecule has 3 nitrogen and oxygen atoms in total.